The van der Waals surface area contributed by atoms with Crippen molar-refractivity contribution in [2.24, 2.45) is 0 Å². The zero-order valence-corrected chi connectivity index (χ0v) is 9.47. The van der Waals surface area contributed by atoms with E-state index in [2.05, 4.69) is 4.90 Å². The van der Waals surface area contributed by atoms with Crippen LogP contribution in [0.2, 0.25) is 0 Å². The van der Waals surface area contributed by atoms with E-state index in [0.29, 0.717) is 0 Å². The first-order chi connectivity index (χ1) is 7.90. The first-order valence-electron chi connectivity index (χ1n) is 5.80. The van der Waals surface area contributed by atoms with Crippen molar-refractivity contribution in [1.82, 2.24) is 9.47 Å². The van der Waals surface area contributed by atoms with Crippen LogP contribution in [0.15, 0.2) is 18.3 Å². The van der Waals surface area contributed by atoms with Gasteiger partial charge in [0.15, 0.2) is 6.29 Å². The lowest BCUT2D eigenvalue weighted by molar-refractivity contribution is 0.0369. The zero-order chi connectivity index (χ0) is 11.2. The van der Waals surface area contributed by atoms with Crippen molar-refractivity contribution >= 4 is 6.29 Å². The molecule has 0 radical (unpaired) electrons. The Morgan fingerprint density at radius 2 is 2.12 bits per heavy atom. The maximum Gasteiger partial charge on any atom is 0.166 e. The maximum atomic E-state index is 10.7. The number of ether oxygens (including phenoxy) is 1. The molecule has 4 heteroatoms. The molecule has 1 aromatic rings. The van der Waals surface area contributed by atoms with Gasteiger partial charge in [-0.15, -0.1) is 0 Å². The van der Waals surface area contributed by atoms with Crippen LogP contribution < -0.4 is 0 Å². The maximum absolute atomic E-state index is 10.7. The van der Waals surface area contributed by atoms with Gasteiger partial charge in [-0.2, -0.15) is 0 Å². The summed E-state index contributed by atoms with van der Waals surface area (Å²) in [5.74, 6) is 0. The minimum absolute atomic E-state index is 0.766. The molecule has 88 valence electrons. The summed E-state index contributed by atoms with van der Waals surface area (Å²) in [7, 11) is 0. The van der Waals surface area contributed by atoms with Crippen LogP contribution in [0.3, 0.4) is 0 Å². The standard InChI is InChI=1S/C12H18N2O2/c15-11-12-3-1-5-14(12)6-2-4-13-7-9-16-10-8-13/h1,3,5,11H,2,4,6-10H2. The number of hydrogen-bond acceptors (Lipinski definition) is 3. The molecule has 0 aliphatic carbocycles. The van der Waals surface area contributed by atoms with Gasteiger partial charge in [0.25, 0.3) is 0 Å². The summed E-state index contributed by atoms with van der Waals surface area (Å²) in [5.41, 5.74) is 0.766. The van der Waals surface area contributed by atoms with E-state index in [-0.39, 0.29) is 0 Å². The number of carbonyl (C=O) groups excluding carboxylic acids is 1. The summed E-state index contributed by atoms with van der Waals surface area (Å²) >= 11 is 0. The number of hydrogen-bond donors (Lipinski definition) is 0. The number of carbonyl (C=O) groups is 1. The average Bonchev–Trinajstić information content (AvgIpc) is 2.78. The molecular formula is C12H18N2O2. The van der Waals surface area contributed by atoms with Crippen LogP contribution in [-0.2, 0) is 11.3 Å². The average molecular weight is 222 g/mol. The number of aldehydes is 1. The van der Waals surface area contributed by atoms with Gasteiger partial charge >= 0.3 is 0 Å². The van der Waals surface area contributed by atoms with Gasteiger partial charge < -0.3 is 9.30 Å². The molecule has 1 aromatic heterocycles. The molecule has 0 bridgehead atoms. The Morgan fingerprint density at radius 1 is 1.31 bits per heavy atom. The molecule has 2 heterocycles. The SMILES string of the molecule is O=Cc1cccn1CCCN1CCOCC1. The van der Waals surface area contributed by atoms with Crippen LogP contribution in [-0.4, -0.2) is 48.6 Å². The normalized spacial score (nSPS) is 17.5. The second-order valence-corrected chi connectivity index (χ2v) is 4.05. The molecule has 2 rings (SSSR count). The molecule has 4 nitrogen and oxygen atoms in total. The molecule has 0 unspecified atom stereocenters. The molecule has 0 spiro atoms. The van der Waals surface area contributed by atoms with Crippen molar-refractivity contribution in [2.45, 2.75) is 13.0 Å². The van der Waals surface area contributed by atoms with Gasteiger partial charge in [0, 0.05) is 32.4 Å². The van der Waals surface area contributed by atoms with E-state index in [0.717, 1.165) is 57.8 Å². The molecular weight excluding hydrogens is 204 g/mol. The first-order valence-corrected chi connectivity index (χ1v) is 5.80. The van der Waals surface area contributed by atoms with Crippen molar-refractivity contribution in [3.05, 3.63) is 24.0 Å². The van der Waals surface area contributed by atoms with Crippen LogP contribution in [0.4, 0.5) is 0 Å². The Hall–Kier alpha value is -1.13. The van der Waals surface area contributed by atoms with Gasteiger partial charge in [-0.3, -0.25) is 9.69 Å². The predicted octanol–water partition coefficient (Wildman–Crippen LogP) is 1.02. The smallest absolute Gasteiger partial charge is 0.166 e. The third kappa shape index (κ3) is 2.93. The molecule has 16 heavy (non-hydrogen) atoms. The predicted molar refractivity (Wildman–Crippen MR) is 61.7 cm³/mol. The number of morpholine rings is 1. The fourth-order valence-corrected chi connectivity index (χ4v) is 2.03. The Morgan fingerprint density at radius 3 is 2.88 bits per heavy atom. The highest BCUT2D eigenvalue weighted by Crippen LogP contribution is 2.03. The van der Waals surface area contributed by atoms with Crippen molar-refractivity contribution in [3.8, 4) is 0 Å². The monoisotopic (exact) mass is 222 g/mol. The highest BCUT2D eigenvalue weighted by molar-refractivity contribution is 5.72. The fourth-order valence-electron chi connectivity index (χ4n) is 2.03. The van der Waals surface area contributed by atoms with Crippen LogP contribution in [0, 0.1) is 0 Å². The number of nitrogens with zero attached hydrogens (tertiary/aromatic N) is 2. The largest absolute Gasteiger partial charge is 0.379 e. The molecule has 0 saturated carbocycles. The van der Waals surface area contributed by atoms with Gasteiger partial charge in [-0.1, -0.05) is 0 Å². The topological polar surface area (TPSA) is 34.5 Å². The Bertz CT molecular complexity index is 330. The third-order valence-electron chi connectivity index (χ3n) is 2.96. The molecule has 1 fully saturated rings. The van der Waals surface area contributed by atoms with E-state index in [4.69, 9.17) is 4.74 Å². The van der Waals surface area contributed by atoms with Crippen molar-refractivity contribution < 1.29 is 9.53 Å². The number of rotatable bonds is 5. The lowest BCUT2D eigenvalue weighted by Crippen LogP contribution is -2.37. The molecule has 1 aliphatic heterocycles. The Kier molecular flexibility index (Phi) is 4.13. The first kappa shape index (κ1) is 11.4. The summed E-state index contributed by atoms with van der Waals surface area (Å²) in [6, 6.07) is 3.76. The molecule has 1 aliphatic rings. The second kappa shape index (κ2) is 5.82. The van der Waals surface area contributed by atoms with Crippen LogP contribution in [0.25, 0.3) is 0 Å². The number of aromatic nitrogens is 1. The van der Waals surface area contributed by atoms with Gasteiger partial charge in [0.2, 0.25) is 0 Å². The Labute approximate surface area is 95.8 Å². The van der Waals surface area contributed by atoms with E-state index in [1.54, 1.807) is 0 Å². The summed E-state index contributed by atoms with van der Waals surface area (Å²) in [5, 5.41) is 0. The van der Waals surface area contributed by atoms with Crippen molar-refractivity contribution in [2.75, 3.05) is 32.8 Å². The molecule has 0 aromatic carbocycles. The molecule has 0 amide bonds. The number of aryl methyl sites for hydroxylation is 1. The summed E-state index contributed by atoms with van der Waals surface area (Å²) in [6.45, 7) is 5.77. The highest BCUT2D eigenvalue weighted by atomic mass is 16.5. The van der Waals surface area contributed by atoms with Crippen molar-refractivity contribution in [3.63, 3.8) is 0 Å². The van der Waals surface area contributed by atoms with Crippen molar-refractivity contribution in [1.29, 1.82) is 0 Å². The highest BCUT2D eigenvalue weighted by Gasteiger charge is 2.09. The molecule has 0 N–H and O–H groups in total. The van der Waals surface area contributed by atoms with Gasteiger partial charge in [0.05, 0.1) is 18.9 Å². The second-order valence-electron chi connectivity index (χ2n) is 4.05. The van der Waals surface area contributed by atoms with E-state index in [9.17, 15) is 4.79 Å². The summed E-state index contributed by atoms with van der Waals surface area (Å²) < 4.78 is 7.30. The van der Waals surface area contributed by atoms with E-state index < -0.39 is 0 Å². The van der Waals surface area contributed by atoms with E-state index in [1.165, 1.54) is 0 Å². The van der Waals surface area contributed by atoms with Crippen LogP contribution >= 0.6 is 0 Å². The van der Waals surface area contributed by atoms with E-state index >= 15 is 0 Å². The lowest BCUT2D eigenvalue weighted by Gasteiger charge is -2.26. The fraction of sp³-hybridized carbons (Fsp3) is 0.583. The third-order valence-corrected chi connectivity index (χ3v) is 2.96. The Balaban J connectivity index is 1.73. The quantitative estimate of drug-likeness (QED) is 0.698. The van der Waals surface area contributed by atoms with Gasteiger partial charge in [0.1, 0.15) is 0 Å². The molecule has 0 atom stereocenters. The molecule has 1 saturated heterocycles. The van der Waals surface area contributed by atoms with E-state index in [1.807, 2.05) is 22.9 Å². The van der Waals surface area contributed by atoms with Gasteiger partial charge in [-0.05, 0) is 18.6 Å². The lowest BCUT2D eigenvalue weighted by atomic mass is 10.3. The summed E-state index contributed by atoms with van der Waals surface area (Å²) in [6.07, 6.45) is 3.95. The summed E-state index contributed by atoms with van der Waals surface area (Å²) in [4.78, 5) is 13.1. The minimum Gasteiger partial charge on any atom is -0.379 e. The van der Waals surface area contributed by atoms with Crippen LogP contribution in [0.5, 0.6) is 0 Å². The van der Waals surface area contributed by atoms with Gasteiger partial charge in [-0.25, -0.2) is 0 Å². The van der Waals surface area contributed by atoms with Crippen LogP contribution in [0.1, 0.15) is 16.9 Å². The zero-order valence-electron chi connectivity index (χ0n) is 9.47. The minimum atomic E-state index is 0.766.